The summed E-state index contributed by atoms with van der Waals surface area (Å²) in [4.78, 5) is 18.4. The van der Waals surface area contributed by atoms with Crippen molar-refractivity contribution in [2.75, 3.05) is 67.7 Å². The van der Waals surface area contributed by atoms with E-state index in [-0.39, 0.29) is 5.91 Å². The maximum atomic E-state index is 12.6. The SMILES string of the molecule is O=C(CCc1ccc(Cl)s1)Nc1ccc(N2CCOCC2)cc1N1CCOCC1. The first-order valence-electron chi connectivity index (χ1n) is 10.0. The molecular weight excluding hydrogens is 410 g/mol. The minimum absolute atomic E-state index is 0.0168. The summed E-state index contributed by atoms with van der Waals surface area (Å²) in [6.45, 7) is 6.32. The van der Waals surface area contributed by atoms with Gasteiger partial charge in [0.05, 0.1) is 42.1 Å². The van der Waals surface area contributed by atoms with E-state index in [0.29, 0.717) is 26.1 Å². The van der Waals surface area contributed by atoms with Crippen LogP contribution in [0.5, 0.6) is 0 Å². The molecule has 6 nitrogen and oxygen atoms in total. The van der Waals surface area contributed by atoms with Gasteiger partial charge in [-0.3, -0.25) is 4.79 Å². The van der Waals surface area contributed by atoms with E-state index < -0.39 is 0 Å². The Labute approximate surface area is 180 Å². The van der Waals surface area contributed by atoms with Gasteiger partial charge < -0.3 is 24.6 Å². The van der Waals surface area contributed by atoms with Crippen LogP contribution in [-0.2, 0) is 20.7 Å². The van der Waals surface area contributed by atoms with Crippen LogP contribution in [0, 0.1) is 0 Å². The molecule has 0 spiro atoms. The number of thiophene rings is 1. The van der Waals surface area contributed by atoms with Crippen LogP contribution in [0.1, 0.15) is 11.3 Å². The molecule has 4 rings (SSSR count). The molecule has 156 valence electrons. The number of halogens is 1. The molecule has 0 saturated carbocycles. The minimum atomic E-state index is 0.0168. The molecule has 2 fully saturated rings. The molecule has 3 heterocycles. The summed E-state index contributed by atoms with van der Waals surface area (Å²) < 4.78 is 11.7. The molecule has 0 aliphatic carbocycles. The largest absolute Gasteiger partial charge is 0.378 e. The third-order valence-electron chi connectivity index (χ3n) is 5.21. The van der Waals surface area contributed by atoms with Gasteiger partial charge in [0.2, 0.25) is 5.91 Å². The number of anilines is 3. The lowest BCUT2D eigenvalue weighted by atomic mass is 10.1. The van der Waals surface area contributed by atoms with Crippen molar-refractivity contribution in [3.63, 3.8) is 0 Å². The Hall–Kier alpha value is -1.80. The highest BCUT2D eigenvalue weighted by atomic mass is 35.5. The Morgan fingerprint density at radius 1 is 1.00 bits per heavy atom. The first-order chi connectivity index (χ1) is 14.2. The molecule has 2 saturated heterocycles. The van der Waals surface area contributed by atoms with Crippen LogP contribution in [-0.4, -0.2) is 58.5 Å². The van der Waals surface area contributed by atoms with Crippen LogP contribution >= 0.6 is 22.9 Å². The van der Waals surface area contributed by atoms with Gasteiger partial charge in [0, 0.05) is 43.2 Å². The molecule has 2 aliphatic heterocycles. The quantitative estimate of drug-likeness (QED) is 0.750. The molecule has 8 heteroatoms. The van der Waals surface area contributed by atoms with Crippen molar-refractivity contribution in [1.29, 1.82) is 0 Å². The molecule has 2 aliphatic rings. The van der Waals surface area contributed by atoms with Crippen LogP contribution in [0.4, 0.5) is 17.1 Å². The Balaban J connectivity index is 1.48. The van der Waals surface area contributed by atoms with Crippen LogP contribution in [0.2, 0.25) is 4.34 Å². The van der Waals surface area contributed by atoms with Crippen molar-refractivity contribution >= 4 is 45.9 Å². The molecule has 1 aromatic heterocycles. The van der Waals surface area contributed by atoms with Crippen molar-refractivity contribution in [2.24, 2.45) is 0 Å². The number of ether oxygens (including phenoxy) is 2. The number of hydrogen-bond donors (Lipinski definition) is 1. The second-order valence-electron chi connectivity index (χ2n) is 7.15. The number of benzene rings is 1. The fourth-order valence-electron chi connectivity index (χ4n) is 3.65. The number of carbonyl (C=O) groups excluding carboxylic acids is 1. The predicted octanol–water partition coefficient (Wildman–Crippen LogP) is 3.65. The zero-order valence-corrected chi connectivity index (χ0v) is 17.9. The van der Waals surface area contributed by atoms with E-state index in [1.54, 1.807) is 0 Å². The summed E-state index contributed by atoms with van der Waals surface area (Å²) in [5, 5.41) is 3.12. The third kappa shape index (κ3) is 5.42. The number of rotatable bonds is 6. The zero-order chi connectivity index (χ0) is 20.1. The zero-order valence-electron chi connectivity index (χ0n) is 16.4. The van der Waals surface area contributed by atoms with Crippen molar-refractivity contribution < 1.29 is 14.3 Å². The second kappa shape index (κ2) is 9.80. The van der Waals surface area contributed by atoms with Gasteiger partial charge in [-0.2, -0.15) is 0 Å². The number of amides is 1. The van der Waals surface area contributed by atoms with Crippen LogP contribution in [0.3, 0.4) is 0 Å². The highest BCUT2D eigenvalue weighted by Gasteiger charge is 2.19. The van der Waals surface area contributed by atoms with Gasteiger partial charge in [-0.1, -0.05) is 11.6 Å². The van der Waals surface area contributed by atoms with Crippen LogP contribution < -0.4 is 15.1 Å². The predicted molar refractivity (Wildman–Crippen MR) is 119 cm³/mol. The molecule has 0 bridgehead atoms. The molecular formula is C21H26ClN3O3S. The van der Waals surface area contributed by atoms with E-state index in [4.69, 9.17) is 21.1 Å². The standard InChI is InChI=1S/C21H26ClN3O3S/c22-20-5-2-17(29-20)3-6-21(26)23-18-4-1-16(24-7-11-27-12-8-24)15-19(18)25-9-13-28-14-10-25/h1-2,4-5,15H,3,6-14H2,(H,23,26). The lowest BCUT2D eigenvalue weighted by Gasteiger charge is -2.33. The van der Waals surface area contributed by atoms with E-state index in [9.17, 15) is 4.79 Å². The molecule has 1 amide bonds. The lowest BCUT2D eigenvalue weighted by Crippen LogP contribution is -2.38. The molecule has 0 atom stereocenters. The number of nitrogens with zero attached hydrogens (tertiary/aromatic N) is 2. The van der Waals surface area contributed by atoms with E-state index in [2.05, 4.69) is 27.2 Å². The molecule has 0 unspecified atom stereocenters. The summed E-state index contributed by atoms with van der Waals surface area (Å²) in [5.41, 5.74) is 3.09. The number of carbonyl (C=O) groups is 1. The van der Waals surface area contributed by atoms with Gasteiger partial charge in [-0.15, -0.1) is 11.3 Å². The van der Waals surface area contributed by atoms with E-state index >= 15 is 0 Å². The van der Waals surface area contributed by atoms with Crippen LogP contribution in [0.15, 0.2) is 30.3 Å². The fourth-order valence-corrected chi connectivity index (χ4v) is 4.73. The fraction of sp³-hybridized carbons (Fsp3) is 0.476. The molecule has 1 N–H and O–H groups in total. The lowest BCUT2D eigenvalue weighted by molar-refractivity contribution is -0.116. The minimum Gasteiger partial charge on any atom is -0.378 e. The van der Waals surface area contributed by atoms with Crippen molar-refractivity contribution in [3.8, 4) is 0 Å². The van der Waals surface area contributed by atoms with Crippen molar-refractivity contribution in [2.45, 2.75) is 12.8 Å². The summed E-state index contributed by atoms with van der Waals surface area (Å²) in [6, 6.07) is 10.2. The molecule has 29 heavy (non-hydrogen) atoms. The van der Waals surface area contributed by atoms with Gasteiger partial charge in [0.1, 0.15) is 0 Å². The second-order valence-corrected chi connectivity index (χ2v) is 8.95. The molecule has 0 radical (unpaired) electrons. The number of nitrogens with one attached hydrogen (secondary N) is 1. The monoisotopic (exact) mass is 435 g/mol. The highest BCUT2D eigenvalue weighted by molar-refractivity contribution is 7.16. The molecule has 2 aromatic rings. The number of aryl methyl sites for hydroxylation is 1. The van der Waals surface area contributed by atoms with Crippen LogP contribution in [0.25, 0.3) is 0 Å². The summed E-state index contributed by atoms with van der Waals surface area (Å²) in [5.74, 6) is 0.0168. The van der Waals surface area contributed by atoms with Gasteiger partial charge >= 0.3 is 0 Å². The van der Waals surface area contributed by atoms with E-state index in [1.165, 1.54) is 17.0 Å². The first-order valence-corrected chi connectivity index (χ1v) is 11.2. The highest BCUT2D eigenvalue weighted by Crippen LogP contribution is 2.32. The normalized spacial score (nSPS) is 17.4. The van der Waals surface area contributed by atoms with Crippen molar-refractivity contribution in [1.82, 2.24) is 0 Å². The Bertz CT molecular complexity index is 832. The number of morpholine rings is 2. The Morgan fingerprint density at radius 3 is 2.34 bits per heavy atom. The van der Waals surface area contributed by atoms with Crippen molar-refractivity contribution in [3.05, 3.63) is 39.5 Å². The first kappa shape index (κ1) is 20.5. The maximum Gasteiger partial charge on any atom is 0.224 e. The smallest absolute Gasteiger partial charge is 0.224 e. The van der Waals surface area contributed by atoms with E-state index in [0.717, 1.165) is 60.0 Å². The van der Waals surface area contributed by atoms with E-state index in [1.807, 2.05) is 18.2 Å². The van der Waals surface area contributed by atoms with Gasteiger partial charge in [-0.05, 0) is 36.8 Å². The molecule has 1 aromatic carbocycles. The summed E-state index contributed by atoms with van der Waals surface area (Å²) in [7, 11) is 0. The maximum absolute atomic E-state index is 12.6. The Morgan fingerprint density at radius 2 is 1.69 bits per heavy atom. The van der Waals surface area contributed by atoms with Gasteiger partial charge in [-0.25, -0.2) is 0 Å². The average molecular weight is 436 g/mol. The topological polar surface area (TPSA) is 54.0 Å². The third-order valence-corrected chi connectivity index (χ3v) is 6.50. The van der Waals surface area contributed by atoms with Gasteiger partial charge in [0.15, 0.2) is 0 Å². The Kier molecular flexibility index (Phi) is 6.92. The average Bonchev–Trinajstić information content (AvgIpc) is 3.19. The summed E-state index contributed by atoms with van der Waals surface area (Å²) >= 11 is 7.51. The number of hydrogen-bond acceptors (Lipinski definition) is 6. The van der Waals surface area contributed by atoms with Gasteiger partial charge in [0.25, 0.3) is 0 Å². The summed E-state index contributed by atoms with van der Waals surface area (Å²) in [6.07, 6.45) is 1.13.